The molecule has 4 nitrogen and oxygen atoms in total. The number of halogens is 1. The van der Waals surface area contributed by atoms with Gasteiger partial charge in [0.1, 0.15) is 11.5 Å². The molecule has 2 heterocycles. The molecule has 0 atom stereocenters. The van der Waals surface area contributed by atoms with Gasteiger partial charge in [0.05, 0.1) is 12.0 Å². The Hall–Kier alpha value is -2.47. The van der Waals surface area contributed by atoms with Crippen LogP contribution in [0.1, 0.15) is 17.4 Å². The van der Waals surface area contributed by atoms with Crippen LogP contribution in [0.15, 0.2) is 40.5 Å². The summed E-state index contributed by atoms with van der Waals surface area (Å²) in [6.07, 6.45) is 0. The smallest absolute Gasteiger partial charge is 0.355 e. The number of esters is 1. The minimum atomic E-state index is -0.568. The summed E-state index contributed by atoms with van der Waals surface area (Å²) in [6, 6.07) is 7.57. The molecular weight excluding hydrogens is 317 g/mol. The molecule has 6 heteroatoms. The van der Waals surface area contributed by atoms with Gasteiger partial charge in [-0.2, -0.15) is 0 Å². The molecule has 1 aromatic carbocycles. The molecule has 0 saturated carbocycles. The quantitative estimate of drug-likeness (QED) is 0.689. The van der Waals surface area contributed by atoms with Crippen molar-refractivity contribution in [3.05, 3.63) is 57.6 Å². The Morgan fingerprint density at radius 3 is 2.61 bits per heavy atom. The second-order valence-electron chi connectivity index (χ2n) is 4.98. The molecule has 0 aliphatic heterocycles. The number of fused-ring (bicyclic) bond motifs is 1. The highest BCUT2D eigenvalue weighted by Crippen LogP contribution is 2.34. The summed E-state index contributed by atoms with van der Waals surface area (Å²) in [5.41, 5.74) is 1.18. The molecule has 0 aliphatic carbocycles. The predicted molar refractivity (Wildman–Crippen MR) is 88.4 cm³/mol. The summed E-state index contributed by atoms with van der Waals surface area (Å²) in [4.78, 5) is 24.9. The van der Waals surface area contributed by atoms with Crippen LogP contribution in [0.3, 0.4) is 0 Å². The molecule has 118 valence electrons. The van der Waals surface area contributed by atoms with E-state index in [4.69, 9.17) is 4.74 Å². The second kappa shape index (κ2) is 5.96. The summed E-state index contributed by atoms with van der Waals surface area (Å²) in [5.74, 6) is -0.930. The number of hydrogen-bond acceptors (Lipinski definition) is 4. The molecule has 23 heavy (non-hydrogen) atoms. The van der Waals surface area contributed by atoms with Gasteiger partial charge >= 0.3 is 5.97 Å². The van der Waals surface area contributed by atoms with Gasteiger partial charge in [-0.1, -0.05) is 12.1 Å². The van der Waals surface area contributed by atoms with E-state index < -0.39 is 5.97 Å². The molecular formula is C17H14FNO3S. The number of benzene rings is 1. The van der Waals surface area contributed by atoms with Crippen LogP contribution >= 0.6 is 11.3 Å². The van der Waals surface area contributed by atoms with Crippen LogP contribution in [0.5, 0.6) is 0 Å². The van der Waals surface area contributed by atoms with Gasteiger partial charge in [0.25, 0.3) is 5.56 Å². The summed E-state index contributed by atoms with van der Waals surface area (Å²) in [7, 11) is 1.54. The fourth-order valence-corrected chi connectivity index (χ4v) is 3.51. The molecule has 0 amide bonds. The monoisotopic (exact) mass is 331 g/mol. The lowest BCUT2D eigenvalue weighted by atomic mass is 10.0. The first-order valence-corrected chi connectivity index (χ1v) is 7.95. The van der Waals surface area contributed by atoms with Gasteiger partial charge in [-0.05, 0) is 36.1 Å². The molecule has 2 aromatic heterocycles. The van der Waals surface area contributed by atoms with Crippen LogP contribution in [0, 0.1) is 5.82 Å². The van der Waals surface area contributed by atoms with Crippen molar-refractivity contribution in [1.82, 2.24) is 4.57 Å². The Labute approximate surface area is 135 Å². The minimum Gasteiger partial charge on any atom is -0.461 e. The van der Waals surface area contributed by atoms with Crippen LogP contribution in [-0.2, 0) is 11.8 Å². The molecule has 0 N–H and O–H groups in total. The zero-order chi connectivity index (χ0) is 16.6. The Kier molecular flexibility index (Phi) is 4.00. The predicted octanol–water partition coefficient (Wildman–Crippen LogP) is 3.58. The number of hydrogen-bond donors (Lipinski definition) is 0. The molecule has 0 saturated heterocycles. The Morgan fingerprint density at radius 2 is 1.96 bits per heavy atom. The number of thiophene rings is 1. The number of carbonyl (C=O) groups is 1. The maximum atomic E-state index is 13.2. The van der Waals surface area contributed by atoms with Gasteiger partial charge in [0, 0.05) is 17.3 Å². The van der Waals surface area contributed by atoms with Crippen LogP contribution in [0.25, 0.3) is 21.2 Å². The van der Waals surface area contributed by atoms with Gasteiger partial charge in [0.2, 0.25) is 0 Å². The maximum absolute atomic E-state index is 13.2. The average molecular weight is 331 g/mol. The van der Waals surface area contributed by atoms with Gasteiger partial charge in [-0.25, -0.2) is 9.18 Å². The van der Waals surface area contributed by atoms with Crippen molar-refractivity contribution in [3.63, 3.8) is 0 Å². The topological polar surface area (TPSA) is 48.3 Å². The van der Waals surface area contributed by atoms with Crippen molar-refractivity contribution in [3.8, 4) is 11.1 Å². The largest absolute Gasteiger partial charge is 0.461 e. The highest BCUT2D eigenvalue weighted by atomic mass is 32.1. The highest BCUT2D eigenvalue weighted by molar-refractivity contribution is 7.17. The van der Waals surface area contributed by atoms with Crippen molar-refractivity contribution in [2.45, 2.75) is 6.92 Å². The van der Waals surface area contributed by atoms with Gasteiger partial charge in [0.15, 0.2) is 0 Å². The number of rotatable bonds is 3. The van der Waals surface area contributed by atoms with E-state index in [-0.39, 0.29) is 23.7 Å². The van der Waals surface area contributed by atoms with Crippen LogP contribution < -0.4 is 5.56 Å². The third-order valence-electron chi connectivity index (χ3n) is 3.60. The van der Waals surface area contributed by atoms with Crippen molar-refractivity contribution in [2.75, 3.05) is 6.61 Å². The van der Waals surface area contributed by atoms with E-state index in [0.29, 0.717) is 21.2 Å². The number of carbonyl (C=O) groups excluding carboxylic acids is 1. The zero-order valence-electron chi connectivity index (χ0n) is 12.6. The van der Waals surface area contributed by atoms with Gasteiger partial charge in [-0.3, -0.25) is 4.79 Å². The fraction of sp³-hybridized carbons (Fsp3) is 0.176. The van der Waals surface area contributed by atoms with Crippen molar-refractivity contribution in [2.24, 2.45) is 7.05 Å². The number of ether oxygens (including phenoxy) is 1. The maximum Gasteiger partial charge on any atom is 0.355 e. The summed E-state index contributed by atoms with van der Waals surface area (Å²) in [6.45, 7) is 1.91. The van der Waals surface area contributed by atoms with E-state index in [2.05, 4.69) is 0 Å². The molecule has 3 aromatic rings. The number of pyridine rings is 1. The highest BCUT2D eigenvalue weighted by Gasteiger charge is 2.23. The van der Waals surface area contributed by atoms with Crippen LogP contribution in [-0.4, -0.2) is 17.1 Å². The first-order valence-electron chi connectivity index (χ1n) is 7.07. The average Bonchev–Trinajstić information content (AvgIpc) is 3.01. The fourth-order valence-electron chi connectivity index (χ4n) is 2.55. The SMILES string of the molecule is CCOC(=O)c1c(-c2ccc(F)cc2)c2sccc2c(=O)n1C. The molecule has 0 spiro atoms. The third kappa shape index (κ3) is 2.55. The first kappa shape index (κ1) is 15.4. The lowest BCUT2D eigenvalue weighted by Gasteiger charge is -2.14. The molecule has 0 radical (unpaired) electrons. The van der Waals surface area contributed by atoms with Gasteiger partial charge in [-0.15, -0.1) is 11.3 Å². The molecule has 0 bridgehead atoms. The van der Waals surface area contributed by atoms with E-state index >= 15 is 0 Å². The van der Waals surface area contributed by atoms with Crippen molar-refractivity contribution < 1.29 is 13.9 Å². The summed E-state index contributed by atoms with van der Waals surface area (Å²) >= 11 is 1.37. The lowest BCUT2D eigenvalue weighted by Crippen LogP contribution is -2.25. The second-order valence-corrected chi connectivity index (χ2v) is 5.89. The van der Waals surface area contributed by atoms with Crippen LogP contribution in [0.4, 0.5) is 4.39 Å². The zero-order valence-corrected chi connectivity index (χ0v) is 13.4. The first-order chi connectivity index (χ1) is 11.0. The number of nitrogens with zero attached hydrogens (tertiary/aromatic N) is 1. The molecule has 0 aliphatic rings. The van der Waals surface area contributed by atoms with E-state index in [0.717, 1.165) is 0 Å². The normalized spacial score (nSPS) is 10.9. The third-order valence-corrected chi connectivity index (χ3v) is 4.53. The lowest BCUT2D eigenvalue weighted by molar-refractivity contribution is 0.0515. The minimum absolute atomic E-state index is 0.179. The van der Waals surface area contributed by atoms with Crippen molar-refractivity contribution in [1.29, 1.82) is 0 Å². The summed E-state index contributed by atoms with van der Waals surface area (Å²) < 4.78 is 20.3. The Bertz CT molecular complexity index is 941. The van der Waals surface area contributed by atoms with E-state index in [1.807, 2.05) is 0 Å². The van der Waals surface area contributed by atoms with Crippen molar-refractivity contribution >= 4 is 27.4 Å². The number of aromatic nitrogens is 1. The Morgan fingerprint density at radius 1 is 1.26 bits per heavy atom. The summed E-state index contributed by atoms with van der Waals surface area (Å²) in [5, 5.41) is 2.33. The molecule has 0 unspecified atom stereocenters. The van der Waals surface area contributed by atoms with E-state index in [9.17, 15) is 14.0 Å². The van der Waals surface area contributed by atoms with E-state index in [1.165, 1.54) is 28.0 Å². The molecule has 3 rings (SSSR count). The molecule has 0 fully saturated rings. The van der Waals surface area contributed by atoms with E-state index in [1.54, 1.807) is 37.6 Å². The van der Waals surface area contributed by atoms with Gasteiger partial charge < -0.3 is 9.30 Å². The Balaban J connectivity index is 2.41. The standard InChI is InChI=1S/C17H14FNO3S/c1-3-22-17(21)14-13(10-4-6-11(18)7-5-10)15-12(8-9-23-15)16(20)19(14)2/h4-9H,3H2,1-2H3. The van der Waals surface area contributed by atoms with Crippen LogP contribution in [0.2, 0.25) is 0 Å².